The Morgan fingerprint density at radius 2 is 2.04 bits per heavy atom. The number of nitrogens with zero attached hydrogens (tertiary/aromatic N) is 1. The maximum atomic E-state index is 12.2. The lowest BCUT2D eigenvalue weighted by atomic mass is 10.1. The Morgan fingerprint density at radius 1 is 1.26 bits per heavy atom. The van der Waals surface area contributed by atoms with Crippen molar-refractivity contribution >= 4 is 40.8 Å². The molecule has 0 fully saturated rings. The fourth-order valence-corrected chi connectivity index (χ4v) is 2.96. The van der Waals surface area contributed by atoms with Gasteiger partial charge in [0.2, 0.25) is 5.91 Å². The summed E-state index contributed by atoms with van der Waals surface area (Å²) in [5.41, 5.74) is 1.84. The molecule has 0 aromatic heterocycles. The number of hydrogen-bond acceptors (Lipinski definition) is 4. The van der Waals surface area contributed by atoms with Gasteiger partial charge in [-0.1, -0.05) is 17.7 Å². The Labute approximate surface area is 160 Å². The molecule has 2 amide bonds. The smallest absolute Gasteiger partial charge is 0.337 e. The van der Waals surface area contributed by atoms with Gasteiger partial charge in [-0.15, -0.1) is 0 Å². The molecular formula is C19H17ClN2O5. The Bertz CT molecular complexity index is 928. The van der Waals surface area contributed by atoms with E-state index in [4.69, 9.17) is 21.4 Å². The lowest BCUT2D eigenvalue weighted by Crippen LogP contribution is -2.40. The fraction of sp³-hybridized carbons (Fsp3) is 0.211. The number of carbonyl (C=O) groups excluding carboxylic acids is 2. The first-order valence-corrected chi connectivity index (χ1v) is 8.59. The number of carboxylic acid groups (broad SMARTS) is 1. The average Bonchev–Trinajstić information content (AvgIpc) is 2.62. The van der Waals surface area contributed by atoms with Crippen LogP contribution in [0.4, 0.5) is 11.4 Å². The van der Waals surface area contributed by atoms with E-state index in [-0.39, 0.29) is 42.0 Å². The van der Waals surface area contributed by atoms with Crippen molar-refractivity contribution in [3.8, 4) is 5.75 Å². The third kappa shape index (κ3) is 4.20. The second kappa shape index (κ2) is 7.67. The second-order valence-electron chi connectivity index (χ2n) is 6.10. The third-order valence-electron chi connectivity index (χ3n) is 4.10. The summed E-state index contributed by atoms with van der Waals surface area (Å²) in [6, 6.07) is 9.74. The van der Waals surface area contributed by atoms with E-state index < -0.39 is 5.97 Å². The van der Waals surface area contributed by atoms with Crippen molar-refractivity contribution in [1.82, 2.24) is 0 Å². The largest absolute Gasteiger partial charge is 0.482 e. The zero-order chi connectivity index (χ0) is 19.6. The number of aromatic carboxylic acids is 1. The van der Waals surface area contributed by atoms with E-state index in [2.05, 4.69) is 5.32 Å². The molecular weight excluding hydrogens is 372 g/mol. The highest BCUT2D eigenvalue weighted by Crippen LogP contribution is 2.33. The summed E-state index contributed by atoms with van der Waals surface area (Å²) >= 11 is 5.82. The monoisotopic (exact) mass is 388 g/mol. The number of aryl methyl sites for hydroxylation is 1. The van der Waals surface area contributed by atoms with E-state index in [1.807, 2.05) is 19.1 Å². The highest BCUT2D eigenvalue weighted by atomic mass is 35.5. The molecule has 2 aromatic rings. The summed E-state index contributed by atoms with van der Waals surface area (Å²) in [5.74, 6) is -1.14. The van der Waals surface area contributed by atoms with Crippen molar-refractivity contribution in [3.05, 3.63) is 52.5 Å². The molecule has 0 spiro atoms. The van der Waals surface area contributed by atoms with Crippen LogP contribution in [-0.4, -0.2) is 36.0 Å². The first-order valence-electron chi connectivity index (χ1n) is 8.21. The summed E-state index contributed by atoms with van der Waals surface area (Å²) in [5, 5.41) is 11.8. The number of nitrogens with one attached hydrogen (secondary N) is 1. The fourth-order valence-electron chi connectivity index (χ4n) is 2.76. The number of halogens is 1. The topological polar surface area (TPSA) is 95.9 Å². The van der Waals surface area contributed by atoms with E-state index in [1.165, 1.54) is 23.1 Å². The summed E-state index contributed by atoms with van der Waals surface area (Å²) in [4.78, 5) is 37.1. The molecule has 2 aromatic carbocycles. The Hall–Kier alpha value is -3.06. The number of anilines is 2. The van der Waals surface area contributed by atoms with Crippen LogP contribution in [0.15, 0.2) is 36.4 Å². The number of fused-ring (bicyclic) bond motifs is 1. The molecule has 0 radical (unpaired) electrons. The molecule has 0 saturated heterocycles. The van der Waals surface area contributed by atoms with Crippen LogP contribution >= 0.6 is 11.6 Å². The van der Waals surface area contributed by atoms with Crippen molar-refractivity contribution in [2.24, 2.45) is 0 Å². The van der Waals surface area contributed by atoms with Gasteiger partial charge in [0, 0.05) is 18.7 Å². The van der Waals surface area contributed by atoms with E-state index in [0.29, 0.717) is 17.1 Å². The zero-order valence-corrected chi connectivity index (χ0v) is 15.2. The van der Waals surface area contributed by atoms with Gasteiger partial charge in [0.25, 0.3) is 5.91 Å². The number of ether oxygens (including phenoxy) is 1. The van der Waals surface area contributed by atoms with Gasteiger partial charge in [0.05, 0.1) is 16.3 Å². The first-order chi connectivity index (χ1) is 12.8. The van der Waals surface area contributed by atoms with Crippen molar-refractivity contribution in [1.29, 1.82) is 0 Å². The van der Waals surface area contributed by atoms with E-state index in [1.54, 1.807) is 6.07 Å². The molecule has 1 aliphatic heterocycles. The van der Waals surface area contributed by atoms with Gasteiger partial charge >= 0.3 is 5.97 Å². The van der Waals surface area contributed by atoms with Crippen LogP contribution in [0.3, 0.4) is 0 Å². The summed E-state index contributed by atoms with van der Waals surface area (Å²) in [6.07, 6.45) is 0.0458. The molecule has 1 aliphatic rings. The molecule has 0 aliphatic carbocycles. The minimum absolute atomic E-state index is 0.0458. The van der Waals surface area contributed by atoms with E-state index in [0.717, 1.165) is 5.56 Å². The maximum Gasteiger partial charge on any atom is 0.337 e. The molecule has 0 saturated carbocycles. The molecule has 2 N–H and O–H groups in total. The SMILES string of the molecule is Cc1ccc2c(c1)N(CCC(=O)Nc1ccc(Cl)c(C(=O)O)c1)C(=O)CO2. The van der Waals surface area contributed by atoms with Crippen molar-refractivity contribution in [2.45, 2.75) is 13.3 Å². The number of amides is 2. The minimum Gasteiger partial charge on any atom is -0.482 e. The molecule has 8 heteroatoms. The second-order valence-corrected chi connectivity index (χ2v) is 6.51. The first kappa shape index (κ1) is 18.7. The summed E-state index contributed by atoms with van der Waals surface area (Å²) in [7, 11) is 0. The van der Waals surface area contributed by atoms with Gasteiger partial charge < -0.3 is 20.1 Å². The zero-order valence-electron chi connectivity index (χ0n) is 14.5. The minimum atomic E-state index is -1.18. The van der Waals surface area contributed by atoms with Crippen LogP contribution in [0.1, 0.15) is 22.3 Å². The van der Waals surface area contributed by atoms with Crippen molar-refractivity contribution < 1.29 is 24.2 Å². The molecule has 7 nitrogen and oxygen atoms in total. The molecule has 0 atom stereocenters. The highest BCUT2D eigenvalue weighted by molar-refractivity contribution is 6.33. The van der Waals surface area contributed by atoms with Crippen LogP contribution in [0.2, 0.25) is 5.02 Å². The average molecular weight is 389 g/mol. The van der Waals surface area contributed by atoms with Crippen molar-refractivity contribution in [2.75, 3.05) is 23.4 Å². The molecule has 1 heterocycles. The predicted molar refractivity (Wildman–Crippen MR) is 101 cm³/mol. The number of carboxylic acids is 1. The van der Waals surface area contributed by atoms with Gasteiger partial charge in [0.1, 0.15) is 5.75 Å². The molecule has 3 rings (SSSR count). The number of benzene rings is 2. The standard InChI is InChI=1S/C19H17ClN2O5/c1-11-2-5-16-15(8-11)22(18(24)10-27-16)7-6-17(23)21-12-3-4-14(20)13(9-12)19(25)26/h2-5,8-9H,6-7,10H2,1H3,(H,21,23)(H,25,26). The van der Waals surface area contributed by atoms with Crippen LogP contribution in [0.25, 0.3) is 0 Å². The van der Waals surface area contributed by atoms with Gasteiger partial charge in [-0.05, 0) is 42.8 Å². The summed E-state index contributed by atoms with van der Waals surface area (Å²) < 4.78 is 5.41. The predicted octanol–water partition coefficient (Wildman–Crippen LogP) is 3.10. The molecule has 27 heavy (non-hydrogen) atoms. The number of carbonyl (C=O) groups is 3. The van der Waals surface area contributed by atoms with Crippen LogP contribution in [0, 0.1) is 6.92 Å². The van der Waals surface area contributed by atoms with Gasteiger partial charge in [-0.3, -0.25) is 9.59 Å². The van der Waals surface area contributed by atoms with Crippen molar-refractivity contribution in [3.63, 3.8) is 0 Å². The number of hydrogen-bond donors (Lipinski definition) is 2. The molecule has 140 valence electrons. The van der Waals surface area contributed by atoms with Crippen LogP contribution in [-0.2, 0) is 9.59 Å². The van der Waals surface area contributed by atoms with Gasteiger partial charge in [-0.2, -0.15) is 0 Å². The van der Waals surface area contributed by atoms with E-state index >= 15 is 0 Å². The van der Waals surface area contributed by atoms with Gasteiger partial charge in [0.15, 0.2) is 6.61 Å². The summed E-state index contributed by atoms with van der Waals surface area (Å²) in [6.45, 7) is 2.02. The third-order valence-corrected chi connectivity index (χ3v) is 4.43. The number of rotatable bonds is 5. The Balaban J connectivity index is 1.68. The lowest BCUT2D eigenvalue weighted by Gasteiger charge is -2.29. The molecule has 0 unspecified atom stereocenters. The van der Waals surface area contributed by atoms with Crippen LogP contribution in [0.5, 0.6) is 5.75 Å². The molecule has 0 bridgehead atoms. The van der Waals surface area contributed by atoms with Gasteiger partial charge in [-0.25, -0.2) is 4.79 Å². The maximum absolute atomic E-state index is 12.2. The lowest BCUT2D eigenvalue weighted by molar-refractivity contribution is -0.121. The normalized spacial score (nSPS) is 13.0. The Kier molecular flexibility index (Phi) is 5.32. The van der Waals surface area contributed by atoms with E-state index in [9.17, 15) is 14.4 Å². The Morgan fingerprint density at radius 3 is 2.78 bits per heavy atom. The van der Waals surface area contributed by atoms with Crippen LogP contribution < -0.4 is 15.0 Å². The highest BCUT2D eigenvalue weighted by Gasteiger charge is 2.26. The quantitative estimate of drug-likeness (QED) is 0.820.